The summed E-state index contributed by atoms with van der Waals surface area (Å²) in [5, 5.41) is 5.75. The highest BCUT2D eigenvalue weighted by atomic mass is 32.2. The standard InChI is InChI=1S/C23H25N3O3S/c1-16-9-7-8-14-23(16)21(28)26(22(29)25-23)15-20(27)24-18-12-5-6-13-19(18)30-17-10-3-2-4-11-17/h2-6,10-13,16H,7-9,14-15H2,1H3,(H,24,27)(H,25,29). The van der Waals surface area contributed by atoms with Crippen molar-refractivity contribution in [3.63, 3.8) is 0 Å². The second kappa shape index (κ2) is 8.52. The molecule has 2 aliphatic rings. The molecule has 1 heterocycles. The fraction of sp³-hybridized carbons (Fsp3) is 0.348. The predicted molar refractivity (Wildman–Crippen MR) is 116 cm³/mol. The van der Waals surface area contributed by atoms with Crippen LogP contribution in [0.15, 0.2) is 64.4 Å². The van der Waals surface area contributed by atoms with Crippen molar-refractivity contribution in [1.82, 2.24) is 10.2 Å². The molecule has 1 spiro atoms. The average Bonchev–Trinajstić information content (AvgIpc) is 2.97. The van der Waals surface area contributed by atoms with Crippen molar-refractivity contribution in [2.24, 2.45) is 5.92 Å². The Morgan fingerprint density at radius 2 is 1.87 bits per heavy atom. The highest BCUT2D eigenvalue weighted by molar-refractivity contribution is 7.99. The number of anilines is 1. The summed E-state index contributed by atoms with van der Waals surface area (Å²) in [7, 11) is 0. The second-order valence-corrected chi connectivity index (χ2v) is 9.01. The van der Waals surface area contributed by atoms with Crippen LogP contribution < -0.4 is 10.6 Å². The maximum absolute atomic E-state index is 13.1. The highest BCUT2D eigenvalue weighted by Gasteiger charge is 2.55. The molecule has 4 amide bonds. The molecule has 2 aromatic rings. The van der Waals surface area contributed by atoms with Gasteiger partial charge in [-0.3, -0.25) is 14.5 Å². The Hall–Kier alpha value is -2.80. The number of hydrogen-bond acceptors (Lipinski definition) is 4. The molecule has 156 valence electrons. The summed E-state index contributed by atoms with van der Waals surface area (Å²) in [6.07, 6.45) is 3.49. The topological polar surface area (TPSA) is 78.5 Å². The van der Waals surface area contributed by atoms with Crippen molar-refractivity contribution in [2.45, 2.75) is 47.9 Å². The number of para-hydroxylation sites is 1. The number of carbonyl (C=O) groups is 3. The van der Waals surface area contributed by atoms with Gasteiger partial charge in [-0.05, 0) is 43.0 Å². The Morgan fingerprint density at radius 1 is 1.13 bits per heavy atom. The van der Waals surface area contributed by atoms with E-state index in [0.717, 1.165) is 34.0 Å². The summed E-state index contributed by atoms with van der Waals surface area (Å²) in [4.78, 5) is 41.3. The van der Waals surface area contributed by atoms with E-state index in [-0.39, 0.29) is 24.3 Å². The fourth-order valence-corrected chi connectivity index (χ4v) is 5.17. The molecule has 2 atom stereocenters. The zero-order valence-corrected chi connectivity index (χ0v) is 17.7. The molecule has 0 aromatic heterocycles. The Labute approximate surface area is 180 Å². The largest absolute Gasteiger partial charge is 0.325 e. The number of rotatable bonds is 5. The van der Waals surface area contributed by atoms with Crippen LogP contribution in [0.25, 0.3) is 0 Å². The van der Waals surface area contributed by atoms with Gasteiger partial charge in [0.25, 0.3) is 5.91 Å². The third-order valence-electron chi connectivity index (χ3n) is 5.94. The van der Waals surface area contributed by atoms with Crippen molar-refractivity contribution in [1.29, 1.82) is 0 Å². The minimum Gasteiger partial charge on any atom is -0.323 e. The molecule has 2 N–H and O–H groups in total. The van der Waals surface area contributed by atoms with Crippen LogP contribution in [0.3, 0.4) is 0 Å². The molecule has 6 nitrogen and oxygen atoms in total. The number of imide groups is 1. The minimum atomic E-state index is -0.851. The molecule has 30 heavy (non-hydrogen) atoms. The Kier molecular flexibility index (Phi) is 5.81. The zero-order valence-electron chi connectivity index (χ0n) is 16.9. The lowest BCUT2D eigenvalue weighted by Gasteiger charge is -2.36. The number of urea groups is 1. The molecular formula is C23H25N3O3S. The summed E-state index contributed by atoms with van der Waals surface area (Å²) < 4.78 is 0. The molecule has 1 aliphatic heterocycles. The SMILES string of the molecule is CC1CCCCC12NC(=O)N(CC(=O)Nc1ccccc1Sc1ccccc1)C2=O. The van der Waals surface area contributed by atoms with Gasteiger partial charge in [0.2, 0.25) is 5.91 Å². The molecule has 1 aliphatic carbocycles. The van der Waals surface area contributed by atoms with Gasteiger partial charge < -0.3 is 10.6 Å². The van der Waals surface area contributed by atoms with Crippen LogP contribution in [0, 0.1) is 5.92 Å². The molecular weight excluding hydrogens is 398 g/mol. The van der Waals surface area contributed by atoms with Gasteiger partial charge in [0.1, 0.15) is 12.1 Å². The van der Waals surface area contributed by atoms with Gasteiger partial charge in [0.05, 0.1) is 5.69 Å². The van der Waals surface area contributed by atoms with Crippen molar-refractivity contribution in [3.8, 4) is 0 Å². The third-order valence-corrected chi connectivity index (χ3v) is 7.02. The van der Waals surface area contributed by atoms with Crippen LogP contribution >= 0.6 is 11.8 Å². The van der Waals surface area contributed by atoms with Crippen molar-refractivity contribution >= 4 is 35.3 Å². The third kappa shape index (κ3) is 3.94. The first-order valence-corrected chi connectivity index (χ1v) is 11.1. The number of nitrogens with zero attached hydrogens (tertiary/aromatic N) is 1. The molecule has 2 aromatic carbocycles. The van der Waals surface area contributed by atoms with Gasteiger partial charge in [0.15, 0.2) is 0 Å². The van der Waals surface area contributed by atoms with Crippen LogP contribution in [0.1, 0.15) is 32.6 Å². The molecule has 2 unspecified atom stereocenters. The van der Waals surface area contributed by atoms with Gasteiger partial charge in [-0.15, -0.1) is 0 Å². The first-order valence-electron chi connectivity index (χ1n) is 10.3. The van der Waals surface area contributed by atoms with E-state index in [4.69, 9.17) is 0 Å². The number of benzene rings is 2. The summed E-state index contributed by atoms with van der Waals surface area (Å²) in [6, 6.07) is 16.9. The smallest absolute Gasteiger partial charge is 0.323 e. The van der Waals surface area contributed by atoms with E-state index in [0.29, 0.717) is 12.1 Å². The summed E-state index contributed by atoms with van der Waals surface area (Å²) >= 11 is 1.54. The molecule has 1 saturated carbocycles. The van der Waals surface area contributed by atoms with Gasteiger partial charge in [-0.2, -0.15) is 0 Å². The summed E-state index contributed by atoms with van der Waals surface area (Å²) in [6.45, 7) is 1.71. The lowest BCUT2D eigenvalue weighted by Crippen LogP contribution is -2.54. The molecule has 7 heteroatoms. The van der Waals surface area contributed by atoms with Crippen LogP contribution in [0.4, 0.5) is 10.5 Å². The first-order chi connectivity index (χ1) is 14.5. The van der Waals surface area contributed by atoms with E-state index in [1.165, 1.54) is 0 Å². The molecule has 0 bridgehead atoms. The summed E-state index contributed by atoms with van der Waals surface area (Å²) in [5.74, 6) is -0.597. The van der Waals surface area contributed by atoms with Crippen molar-refractivity contribution in [3.05, 3.63) is 54.6 Å². The maximum Gasteiger partial charge on any atom is 0.325 e. The molecule has 2 fully saturated rings. The molecule has 1 saturated heterocycles. The monoisotopic (exact) mass is 423 g/mol. The van der Waals surface area contributed by atoms with Crippen LogP contribution in [-0.2, 0) is 9.59 Å². The van der Waals surface area contributed by atoms with E-state index >= 15 is 0 Å². The first kappa shape index (κ1) is 20.5. The summed E-state index contributed by atoms with van der Waals surface area (Å²) in [5.41, 5.74) is -0.194. The van der Waals surface area contributed by atoms with Crippen LogP contribution in [-0.4, -0.2) is 34.8 Å². The van der Waals surface area contributed by atoms with Crippen molar-refractivity contribution in [2.75, 3.05) is 11.9 Å². The van der Waals surface area contributed by atoms with Crippen molar-refractivity contribution < 1.29 is 14.4 Å². The Bertz CT molecular complexity index is 965. The lowest BCUT2D eigenvalue weighted by atomic mass is 9.73. The fourth-order valence-electron chi connectivity index (χ4n) is 4.25. The Balaban J connectivity index is 1.45. The normalized spacial score (nSPS) is 23.5. The Morgan fingerprint density at radius 3 is 2.63 bits per heavy atom. The van der Waals surface area contributed by atoms with Gasteiger partial charge >= 0.3 is 6.03 Å². The van der Waals surface area contributed by atoms with E-state index < -0.39 is 11.6 Å². The predicted octanol–water partition coefficient (Wildman–Crippen LogP) is 4.28. The van der Waals surface area contributed by atoms with E-state index in [1.54, 1.807) is 11.8 Å². The minimum absolute atomic E-state index is 0.0683. The molecule has 4 rings (SSSR count). The van der Waals surface area contributed by atoms with Crippen LogP contribution in [0.2, 0.25) is 0 Å². The average molecular weight is 424 g/mol. The van der Waals surface area contributed by atoms with Crippen LogP contribution in [0.5, 0.6) is 0 Å². The molecule has 0 radical (unpaired) electrons. The van der Waals surface area contributed by atoms with Gasteiger partial charge in [-0.25, -0.2) is 4.79 Å². The van der Waals surface area contributed by atoms with Gasteiger partial charge in [-0.1, -0.05) is 61.9 Å². The highest BCUT2D eigenvalue weighted by Crippen LogP contribution is 2.38. The lowest BCUT2D eigenvalue weighted by molar-refractivity contribution is -0.136. The number of carbonyl (C=O) groups excluding carboxylic acids is 3. The zero-order chi connectivity index (χ0) is 21.1. The quantitative estimate of drug-likeness (QED) is 0.704. The number of hydrogen-bond donors (Lipinski definition) is 2. The van der Waals surface area contributed by atoms with E-state index in [9.17, 15) is 14.4 Å². The van der Waals surface area contributed by atoms with E-state index in [1.807, 2.05) is 61.5 Å². The number of amides is 4. The van der Waals surface area contributed by atoms with Gasteiger partial charge in [0, 0.05) is 9.79 Å². The number of nitrogens with one attached hydrogen (secondary N) is 2. The van der Waals surface area contributed by atoms with E-state index in [2.05, 4.69) is 10.6 Å². The maximum atomic E-state index is 13.1. The second-order valence-electron chi connectivity index (χ2n) is 7.90.